The average molecular weight is 255 g/mol. The predicted molar refractivity (Wildman–Crippen MR) is 66.2 cm³/mol. The minimum Gasteiger partial charge on any atom is -0.338 e. The fourth-order valence-electron chi connectivity index (χ4n) is 1.89. The van der Waals surface area contributed by atoms with Gasteiger partial charge >= 0.3 is 0 Å². The number of fused-ring (bicyclic) bond motifs is 1. The van der Waals surface area contributed by atoms with Gasteiger partial charge in [0.1, 0.15) is 5.82 Å². The molecule has 0 aliphatic rings. The topological polar surface area (TPSA) is 52.5 Å². The second-order valence-corrected chi connectivity index (χ2v) is 4.03. The molecule has 0 saturated heterocycles. The third-order valence-electron chi connectivity index (χ3n) is 2.82. The third-order valence-corrected chi connectivity index (χ3v) is 2.82. The van der Waals surface area contributed by atoms with Crippen molar-refractivity contribution in [2.75, 3.05) is 0 Å². The fraction of sp³-hybridized carbons (Fsp3) is 0. The van der Waals surface area contributed by atoms with E-state index in [2.05, 4.69) is 9.97 Å². The van der Waals surface area contributed by atoms with Gasteiger partial charge in [0.15, 0.2) is 11.6 Å². The van der Waals surface area contributed by atoms with Crippen LogP contribution in [0.5, 0.6) is 0 Å². The number of rotatable bonds is 1. The normalized spacial score (nSPS) is 10.6. The first-order chi connectivity index (χ1) is 9.19. The van der Waals surface area contributed by atoms with Gasteiger partial charge < -0.3 is 4.98 Å². The molecule has 0 aliphatic heterocycles. The fourth-order valence-corrected chi connectivity index (χ4v) is 1.89. The van der Waals surface area contributed by atoms with Crippen LogP contribution in [0.4, 0.5) is 8.78 Å². The monoisotopic (exact) mass is 255 g/mol. The van der Waals surface area contributed by atoms with Gasteiger partial charge in [0.25, 0.3) is 0 Å². The molecule has 92 valence electrons. The van der Waals surface area contributed by atoms with E-state index in [9.17, 15) is 8.78 Å². The van der Waals surface area contributed by atoms with Crippen LogP contribution in [0.15, 0.2) is 36.4 Å². The Bertz CT molecular complexity index is 815. The molecule has 1 N–H and O–H groups in total. The molecule has 3 rings (SSSR count). The van der Waals surface area contributed by atoms with Gasteiger partial charge in [0.05, 0.1) is 28.2 Å². The van der Waals surface area contributed by atoms with Crippen molar-refractivity contribution in [2.45, 2.75) is 0 Å². The summed E-state index contributed by atoms with van der Waals surface area (Å²) in [5.74, 6) is -1.63. The van der Waals surface area contributed by atoms with E-state index in [0.717, 1.165) is 6.07 Å². The Kier molecular flexibility index (Phi) is 2.50. The van der Waals surface area contributed by atoms with Gasteiger partial charge in [-0.1, -0.05) is 6.07 Å². The van der Waals surface area contributed by atoms with Crippen molar-refractivity contribution in [3.63, 3.8) is 0 Å². The van der Waals surface area contributed by atoms with Crippen LogP contribution < -0.4 is 0 Å². The standard InChI is InChI=1S/C14H7F2N3/c15-10-3-1-2-9(13(10)16)14-18-11-5-4-8(7-17)6-12(11)19-14/h1-6H,(H,18,19). The van der Waals surface area contributed by atoms with Crippen LogP contribution in [0.2, 0.25) is 0 Å². The lowest BCUT2D eigenvalue weighted by Gasteiger charge is -1.99. The van der Waals surface area contributed by atoms with Gasteiger partial charge in [0, 0.05) is 0 Å². The summed E-state index contributed by atoms with van der Waals surface area (Å²) in [6.07, 6.45) is 0. The van der Waals surface area contributed by atoms with E-state index >= 15 is 0 Å². The zero-order chi connectivity index (χ0) is 13.4. The zero-order valence-electron chi connectivity index (χ0n) is 9.61. The molecule has 0 saturated carbocycles. The number of H-pyrrole nitrogens is 1. The maximum absolute atomic E-state index is 13.7. The molecule has 0 radical (unpaired) electrons. The molecule has 3 aromatic rings. The second-order valence-electron chi connectivity index (χ2n) is 4.03. The Hall–Kier alpha value is -2.74. The molecule has 0 fully saturated rings. The van der Waals surface area contributed by atoms with E-state index in [4.69, 9.17) is 5.26 Å². The van der Waals surface area contributed by atoms with Gasteiger partial charge in [-0.05, 0) is 30.3 Å². The highest BCUT2D eigenvalue weighted by Crippen LogP contribution is 2.24. The number of imidazole rings is 1. The molecule has 19 heavy (non-hydrogen) atoms. The van der Waals surface area contributed by atoms with E-state index in [1.807, 2.05) is 6.07 Å². The Morgan fingerprint density at radius 3 is 2.79 bits per heavy atom. The zero-order valence-corrected chi connectivity index (χ0v) is 9.61. The summed E-state index contributed by atoms with van der Waals surface area (Å²) < 4.78 is 26.9. The first kappa shape index (κ1) is 11.4. The van der Waals surface area contributed by atoms with E-state index < -0.39 is 11.6 Å². The van der Waals surface area contributed by atoms with Crippen LogP contribution in [0.1, 0.15) is 5.56 Å². The summed E-state index contributed by atoms with van der Waals surface area (Å²) in [7, 11) is 0. The van der Waals surface area contributed by atoms with E-state index in [1.165, 1.54) is 12.1 Å². The largest absolute Gasteiger partial charge is 0.338 e. The van der Waals surface area contributed by atoms with Crippen LogP contribution >= 0.6 is 0 Å². The highest BCUT2D eigenvalue weighted by atomic mass is 19.2. The van der Waals surface area contributed by atoms with Crippen molar-refractivity contribution >= 4 is 11.0 Å². The van der Waals surface area contributed by atoms with E-state index in [-0.39, 0.29) is 11.4 Å². The van der Waals surface area contributed by atoms with Gasteiger partial charge in [-0.3, -0.25) is 0 Å². The van der Waals surface area contributed by atoms with Crippen LogP contribution in [-0.2, 0) is 0 Å². The van der Waals surface area contributed by atoms with Crippen molar-refractivity contribution in [3.05, 3.63) is 53.6 Å². The van der Waals surface area contributed by atoms with Gasteiger partial charge in [0.2, 0.25) is 0 Å². The molecular formula is C14H7F2N3. The number of nitriles is 1. The smallest absolute Gasteiger partial charge is 0.169 e. The highest BCUT2D eigenvalue weighted by molar-refractivity contribution is 5.80. The first-order valence-corrected chi connectivity index (χ1v) is 5.53. The lowest BCUT2D eigenvalue weighted by atomic mass is 10.2. The maximum Gasteiger partial charge on any atom is 0.169 e. The lowest BCUT2D eigenvalue weighted by molar-refractivity contribution is 0.510. The SMILES string of the molecule is N#Cc1ccc2nc(-c3cccc(F)c3F)[nH]c2c1. The summed E-state index contributed by atoms with van der Waals surface area (Å²) in [4.78, 5) is 7.07. The Balaban J connectivity index is 2.21. The Morgan fingerprint density at radius 2 is 2.00 bits per heavy atom. The molecule has 0 atom stereocenters. The molecular weight excluding hydrogens is 248 g/mol. The Morgan fingerprint density at radius 1 is 1.16 bits per heavy atom. The van der Waals surface area contributed by atoms with Crippen LogP contribution in [0.25, 0.3) is 22.4 Å². The molecule has 0 spiro atoms. The van der Waals surface area contributed by atoms with E-state index in [0.29, 0.717) is 16.6 Å². The van der Waals surface area contributed by atoms with Crippen molar-refractivity contribution < 1.29 is 8.78 Å². The minimum atomic E-state index is -0.943. The van der Waals surface area contributed by atoms with Crippen LogP contribution in [-0.4, -0.2) is 9.97 Å². The summed E-state index contributed by atoms with van der Waals surface area (Å²) in [6.45, 7) is 0. The number of hydrogen-bond donors (Lipinski definition) is 1. The van der Waals surface area contributed by atoms with Crippen molar-refractivity contribution in [3.8, 4) is 17.5 Å². The highest BCUT2D eigenvalue weighted by Gasteiger charge is 2.13. The number of nitrogens with zero attached hydrogens (tertiary/aromatic N) is 2. The third kappa shape index (κ3) is 1.83. The maximum atomic E-state index is 13.7. The summed E-state index contributed by atoms with van der Waals surface area (Å²) >= 11 is 0. The molecule has 0 bridgehead atoms. The van der Waals surface area contributed by atoms with Crippen molar-refractivity contribution in [1.29, 1.82) is 5.26 Å². The quantitative estimate of drug-likeness (QED) is 0.724. The van der Waals surface area contributed by atoms with Crippen molar-refractivity contribution in [1.82, 2.24) is 9.97 Å². The van der Waals surface area contributed by atoms with Gasteiger partial charge in [-0.15, -0.1) is 0 Å². The number of aromatic nitrogens is 2. The van der Waals surface area contributed by atoms with Gasteiger partial charge in [-0.25, -0.2) is 13.8 Å². The number of halogens is 2. The van der Waals surface area contributed by atoms with Crippen LogP contribution in [0, 0.1) is 23.0 Å². The molecule has 3 nitrogen and oxygen atoms in total. The van der Waals surface area contributed by atoms with Gasteiger partial charge in [-0.2, -0.15) is 5.26 Å². The summed E-state index contributed by atoms with van der Waals surface area (Å²) in [5, 5.41) is 8.81. The Labute approximate surface area is 107 Å². The molecule has 0 aliphatic carbocycles. The number of benzene rings is 2. The number of hydrogen-bond acceptors (Lipinski definition) is 2. The molecule has 2 aromatic carbocycles. The minimum absolute atomic E-state index is 0.0645. The molecule has 0 unspecified atom stereocenters. The summed E-state index contributed by atoms with van der Waals surface area (Å²) in [5.41, 5.74) is 1.74. The second kappa shape index (κ2) is 4.18. The molecule has 5 heteroatoms. The average Bonchev–Trinajstić information content (AvgIpc) is 2.84. The lowest BCUT2D eigenvalue weighted by Crippen LogP contribution is -1.90. The molecule has 1 heterocycles. The number of nitrogens with one attached hydrogen (secondary N) is 1. The van der Waals surface area contributed by atoms with E-state index in [1.54, 1.807) is 18.2 Å². The molecule has 0 amide bonds. The van der Waals surface area contributed by atoms with Crippen molar-refractivity contribution in [2.24, 2.45) is 0 Å². The predicted octanol–water partition coefficient (Wildman–Crippen LogP) is 3.38. The summed E-state index contributed by atoms with van der Waals surface area (Å²) in [6, 6.07) is 10.8. The molecule has 1 aromatic heterocycles. The number of aromatic amines is 1. The van der Waals surface area contributed by atoms with Crippen LogP contribution in [0.3, 0.4) is 0 Å². The first-order valence-electron chi connectivity index (χ1n) is 5.53.